The Labute approximate surface area is 105 Å². The maximum atomic E-state index is 11.6. The number of nitrogen functional groups attached to an aromatic ring is 1. The fourth-order valence-electron chi connectivity index (χ4n) is 1.26. The Hall–Kier alpha value is -2.24. The molecule has 0 spiro atoms. The average molecular weight is 253 g/mol. The Morgan fingerprint density at radius 2 is 2.00 bits per heavy atom. The molecule has 0 radical (unpaired) electrons. The Bertz CT molecular complexity index is 444. The molecule has 0 unspecified atom stereocenters. The van der Waals surface area contributed by atoms with E-state index in [9.17, 15) is 9.59 Å². The van der Waals surface area contributed by atoms with E-state index in [2.05, 4.69) is 4.74 Å². The van der Waals surface area contributed by atoms with Gasteiger partial charge in [0, 0.05) is 11.8 Å². The number of carbonyl (C=O) groups excluding carboxylic acids is 2. The largest absolute Gasteiger partial charge is 0.494 e. The van der Waals surface area contributed by atoms with Crippen LogP contribution in [0.5, 0.6) is 5.75 Å². The predicted molar refractivity (Wildman–Crippen MR) is 64.3 cm³/mol. The highest BCUT2D eigenvalue weighted by Crippen LogP contribution is 2.19. The number of ether oxygens (including phenoxy) is 3. The SMILES string of the molecule is CCOc1cc(N)cc(C(=O)OCC(=O)OC)c1. The molecule has 1 aromatic carbocycles. The van der Waals surface area contributed by atoms with E-state index in [1.165, 1.54) is 19.2 Å². The van der Waals surface area contributed by atoms with Crippen molar-refractivity contribution in [1.82, 2.24) is 0 Å². The van der Waals surface area contributed by atoms with Crippen molar-refractivity contribution < 1.29 is 23.8 Å². The van der Waals surface area contributed by atoms with Gasteiger partial charge in [0.15, 0.2) is 6.61 Å². The van der Waals surface area contributed by atoms with Crippen LogP contribution < -0.4 is 10.5 Å². The standard InChI is InChI=1S/C12H15NO5/c1-3-17-10-5-8(4-9(13)6-10)12(15)18-7-11(14)16-2/h4-6H,3,7,13H2,1-2H3. The highest BCUT2D eigenvalue weighted by molar-refractivity contribution is 5.92. The molecule has 1 rings (SSSR count). The molecule has 2 N–H and O–H groups in total. The van der Waals surface area contributed by atoms with Crippen LogP contribution in [0.4, 0.5) is 5.69 Å². The maximum absolute atomic E-state index is 11.6. The number of benzene rings is 1. The molecular weight excluding hydrogens is 238 g/mol. The van der Waals surface area contributed by atoms with Gasteiger partial charge in [-0.25, -0.2) is 9.59 Å². The third-order valence-corrected chi connectivity index (χ3v) is 2.02. The highest BCUT2D eigenvalue weighted by Gasteiger charge is 2.12. The van der Waals surface area contributed by atoms with Crippen molar-refractivity contribution in [2.45, 2.75) is 6.92 Å². The Morgan fingerprint density at radius 1 is 1.28 bits per heavy atom. The van der Waals surface area contributed by atoms with Gasteiger partial charge in [0.2, 0.25) is 0 Å². The molecule has 0 heterocycles. The van der Waals surface area contributed by atoms with Gasteiger partial charge in [-0.2, -0.15) is 0 Å². The molecule has 6 heteroatoms. The van der Waals surface area contributed by atoms with Crippen molar-refractivity contribution in [3.63, 3.8) is 0 Å². The summed E-state index contributed by atoms with van der Waals surface area (Å²) in [7, 11) is 1.21. The fourth-order valence-corrected chi connectivity index (χ4v) is 1.26. The molecule has 0 atom stereocenters. The van der Waals surface area contributed by atoms with Crippen LogP contribution in [0.3, 0.4) is 0 Å². The molecule has 0 aliphatic carbocycles. The van der Waals surface area contributed by atoms with Crippen LogP contribution in [0.25, 0.3) is 0 Å². The minimum absolute atomic E-state index is 0.224. The summed E-state index contributed by atoms with van der Waals surface area (Å²) in [5.74, 6) is -0.812. The molecule has 98 valence electrons. The van der Waals surface area contributed by atoms with Gasteiger partial charge in [-0.15, -0.1) is 0 Å². The zero-order valence-corrected chi connectivity index (χ0v) is 10.3. The Balaban J connectivity index is 2.75. The van der Waals surface area contributed by atoms with E-state index in [4.69, 9.17) is 15.2 Å². The lowest BCUT2D eigenvalue weighted by Gasteiger charge is -2.08. The molecule has 18 heavy (non-hydrogen) atoms. The van der Waals surface area contributed by atoms with Gasteiger partial charge in [0.05, 0.1) is 19.3 Å². The number of nitrogens with two attached hydrogens (primary N) is 1. The van der Waals surface area contributed by atoms with Crippen LogP contribution >= 0.6 is 0 Å². The van der Waals surface area contributed by atoms with Crippen molar-refractivity contribution in [3.05, 3.63) is 23.8 Å². The molecule has 1 aromatic rings. The second-order valence-electron chi connectivity index (χ2n) is 3.38. The molecule has 0 aliphatic heterocycles. The number of methoxy groups -OCH3 is 1. The first-order valence-electron chi connectivity index (χ1n) is 5.34. The van der Waals surface area contributed by atoms with Crippen molar-refractivity contribution in [2.24, 2.45) is 0 Å². The molecule has 0 aliphatic rings. The summed E-state index contributed by atoms with van der Waals surface area (Å²) in [6.45, 7) is 1.84. The van der Waals surface area contributed by atoms with E-state index >= 15 is 0 Å². The number of hydrogen-bond acceptors (Lipinski definition) is 6. The van der Waals surface area contributed by atoms with Crippen LogP contribution in [0.2, 0.25) is 0 Å². The molecule has 0 amide bonds. The second kappa shape index (κ2) is 6.48. The molecule has 0 saturated carbocycles. The summed E-state index contributed by atoms with van der Waals surface area (Å²) in [5.41, 5.74) is 6.24. The quantitative estimate of drug-likeness (QED) is 0.622. The molecular formula is C12H15NO5. The lowest BCUT2D eigenvalue weighted by molar-refractivity contribution is -0.144. The molecule has 0 bridgehead atoms. The minimum atomic E-state index is -0.659. The topological polar surface area (TPSA) is 87.9 Å². The van der Waals surface area contributed by atoms with Gasteiger partial charge < -0.3 is 19.9 Å². The Kier molecular flexibility index (Phi) is 4.98. The van der Waals surface area contributed by atoms with Crippen molar-refractivity contribution in [1.29, 1.82) is 0 Å². The number of esters is 2. The Morgan fingerprint density at radius 3 is 2.61 bits per heavy atom. The van der Waals surface area contributed by atoms with Gasteiger partial charge in [0.25, 0.3) is 0 Å². The van der Waals surface area contributed by atoms with Crippen LogP contribution in [-0.2, 0) is 14.3 Å². The number of anilines is 1. The van der Waals surface area contributed by atoms with E-state index in [1.54, 1.807) is 6.07 Å². The summed E-state index contributed by atoms with van der Waals surface area (Å²) in [6, 6.07) is 4.54. The van der Waals surface area contributed by atoms with E-state index in [-0.39, 0.29) is 5.56 Å². The van der Waals surface area contributed by atoms with Crippen molar-refractivity contribution >= 4 is 17.6 Å². The average Bonchev–Trinajstić information content (AvgIpc) is 2.35. The summed E-state index contributed by atoms with van der Waals surface area (Å²) in [5, 5.41) is 0. The van der Waals surface area contributed by atoms with E-state index in [1.807, 2.05) is 6.92 Å². The first-order valence-corrected chi connectivity index (χ1v) is 5.34. The predicted octanol–water partition coefficient (Wildman–Crippen LogP) is 0.997. The lowest BCUT2D eigenvalue weighted by Crippen LogP contribution is -2.15. The zero-order valence-electron chi connectivity index (χ0n) is 10.3. The zero-order chi connectivity index (χ0) is 13.5. The lowest BCUT2D eigenvalue weighted by atomic mass is 10.2. The van der Waals surface area contributed by atoms with E-state index in [0.717, 1.165) is 0 Å². The fraction of sp³-hybridized carbons (Fsp3) is 0.333. The van der Waals surface area contributed by atoms with Gasteiger partial charge in [-0.05, 0) is 19.1 Å². The third-order valence-electron chi connectivity index (χ3n) is 2.02. The summed E-state index contributed by atoms with van der Waals surface area (Å²) < 4.78 is 14.3. The number of hydrogen-bond donors (Lipinski definition) is 1. The van der Waals surface area contributed by atoms with Gasteiger partial charge in [0.1, 0.15) is 5.75 Å². The molecule has 6 nitrogen and oxygen atoms in total. The van der Waals surface area contributed by atoms with Crippen molar-refractivity contribution in [2.75, 3.05) is 26.1 Å². The van der Waals surface area contributed by atoms with E-state index in [0.29, 0.717) is 18.0 Å². The first kappa shape index (κ1) is 13.8. The maximum Gasteiger partial charge on any atom is 0.344 e. The molecule has 0 fully saturated rings. The van der Waals surface area contributed by atoms with Crippen LogP contribution in [0, 0.1) is 0 Å². The summed E-state index contributed by atoms with van der Waals surface area (Å²) in [6.07, 6.45) is 0. The van der Waals surface area contributed by atoms with Gasteiger partial charge in [-0.1, -0.05) is 0 Å². The molecule has 0 saturated heterocycles. The van der Waals surface area contributed by atoms with Gasteiger partial charge in [-0.3, -0.25) is 0 Å². The first-order chi connectivity index (χ1) is 8.56. The number of carbonyl (C=O) groups is 2. The van der Waals surface area contributed by atoms with Crippen molar-refractivity contribution in [3.8, 4) is 5.75 Å². The highest BCUT2D eigenvalue weighted by atomic mass is 16.6. The monoisotopic (exact) mass is 253 g/mol. The van der Waals surface area contributed by atoms with Gasteiger partial charge >= 0.3 is 11.9 Å². The van der Waals surface area contributed by atoms with Crippen LogP contribution in [0.1, 0.15) is 17.3 Å². The minimum Gasteiger partial charge on any atom is -0.494 e. The normalized spacial score (nSPS) is 9.67. The number of rotatable bonds is 5. The van der Waals surface area contributed by atoms with Crippen LogP contribution in [-0.4, -0.2) is 32.3 Å². The second-order valence-corrected chi connectivity index (χ2v) is 3.38. The van der Waals surface area contributed by atoms with E-state index < -0.39 is 18.5 Å². The smallest absolute Gasteiger partial charge is 0.344 e. The summed E-state index contributed by atoms with van der Waals surface area (Å²) >= 11 is 0. The molecule has 0 aromatic heterocycles. The van der Waals surface area contributed by atoms with Crippen LogP contribution in [0.15, 0.2) is 18.2 Å². The third kappa shape index (κ3) is 3.97. The summed E-state index contributed by atoms with van der Waals surface area (Å²) in [4.78, 5) is 22.5.